The first-order valence-electron chi connectivity index (χ1n) is 10.2. The third-order valence-electron chi connectivity index (χ3n) is 4.66. The summed E-state index contributed by atoms with van der Waals surface area (Å²) in [7, 11) is 0. The number of esters is 1. The van der Waals surface area contributed by atoms with E-state index in [1.807, 2.05) is 45.0 Å². The average Bonchev–Trinajstić information content (AvgIpc) is 2.75. The Morgan fingerprint density at radius 3 is 2.34 bits per heavy atom. The zero-order valence-corrected chi connectivity index (χ0v) is 18.5. The minimum atomic E-state index is -0.752. The molecule has 1 aromatic heterocycles. The summed E-state index contributed by atoms with van der Waals surface area (Å²) in [5, 5.41) is 6.90. The number of ether oxygens (including phenoxy) is 2. The lowest BCUT2D eigenvalue weighted by atomic mass is 10.1. The van der Waals surface area contributed by atoms with Gasteiger partial charge in [-0.1, -0.05) is 35.4 Å². The van der Waals surface area contributed by atoms with Gasteiger partial charge in [0.05, 0.1) is 18.4 Å². The average molecular weight is 435 g/mol. The molecule has 0 spiro atoms. The second-order valence-corrected chi connectivity index (χ2v) is 7.32. The number of hydrogen-bond donors (Lipinski definition) is 1. The lowest BCUT2D eigenvalue weighted by Gasteiger charge is -2.13. The molecule has 0 radical (unpaired) electrons. The molecule has 3 rings (SSSR count). The lowest BCUT2D eigenvalue weighted by Crippen LogP contribution is -2.27. The summed E-state index contributed by atoms with van der Waals surface area (Å²) in [6.07, 6.45) is 0. The fourth-order valence-corrected chi connectivity index (χ4v) is 3.05. The second-order valence-electron chi connectivity index (χ2n) is 7.32. The van der Waals surface area contributed by atoms with Crippen molar-refractivity contribution < 1.29 is 19.1 Å². The number of nitrogens with one attached hydrogen (secondary N) is 1. The summed E-state index contributed by atoms with van der Waals surface area (Å²) >= 11 is 0. The summed E-state index contributed by atoms with van der Waals surface area (Å²) in [6, 6.07) is 13.9. The highest BCUT2D eigenvalue weighted by molar-refractivity contribution is 5.93. The third-order valence-corrected chi connectivity index (χ3v) is 4.66. The van der Waals surface area contributed by atoms with Crippen molar-refractivity contribution in [3.05, 3.63) is 81.3 Å². The Balaban J connectivity index is 1.85. The smallest absolute Gasteiger partial charge is 0.362 e. The van der Waals surface area contributed by atoms with Crippen molar-refractivity contribution in [1.29, 1.82) is 0 Å². The Kier molecular flexibility index (Phi) is 7.04. The monoisotopic (exact) mass is 435 g/mol. The Morgan fingerprint density at radius 1 is 1.00 bits per heavy atom. The number of rotatable bonds is 7. The molecule has 0 aliphatic heterocycles. The van der Waals surface area contributed by atoms with Gasteiger partial charge >= 0.3 is 5.97 Å². The highest BCUT2D eigenvalue weighted by atomic mass is 16.5. The molecule has 8 heteroatoms. The first-order valence-corrected chi connectivity index (χ1v) is 10.2. The molecule has 8 nitrogen and oxygen atoms in total. The number of carbonyl (C=O) groups is 2. The molecular weight excluding hydrogens is 410 g/mol. The van der Waals surface area contributed by atoms with Gasteiger partial charge in [-0.25, -0.2) is 4.79 Å². The van der Waals surface area contributed by atoms with E-state index in [0.717, 1.165) is 27.4 Å². The Labute approximate surface area is 185 Å². The normalized spacial score (nSPS) is 10.5. The topological polar surface area (TPSA) is 99.5 Å². The fraction of sp³-hybridized carbons (Fsp3) is 0.250. The van der Waals surface area contributed by atoms with Crippen LogP contribution in [0.1, 0.15) is 34.1 Å². The van der Waals surface area contributed by atoms with E-state index in [9.17, 15) is 14.4 Å². The van der Waals surface area contributed by atoms with E-state index >= 15 is 0 Å². The van der Waals surface area contributed by atoms with E-state index in [0.29, 0.717) is 11.4 Å². The van der Waals surface area contributed by atoms with Crippen LogP contribution in [0.2, 0.25) is 0 Å². The van der Waals surface area contributed by atoms with Gasteiger partial charge in [-0.15, -0.1) is 0 Å². The van der Waals surface area contributed by atoms with Gasteiger partial charge in [0.1, 0.15) is 0 Å². The van der Waals surface area contributed by atoms with E-state index < -0.39 is 24.0 Å². The number of benzene rings is 2. The number of nitrogens with zero attached hydrogens (tertiary/aromatic N) is 2. The standard InChI is InChI=1S/C24H25N3O5/c1-5-31-24(30)23-20(13-22(29)27(26-23)18-9-6-15(2)7-10-18)32-14-21(28)25-19-11-8-16(3)12-17(19)4/h6-13H,5,14H2,1-4H3,(H,25,28). The van der Waals surface area contributed by atoms with Crippen LogP contribution in [-0.2, 0) is 9.53 Å². The van der Waals surface area contributed by atoms with Crippen LogP contribution in [0.4, 0.5) is 5.69 Å². The molecule has 32 heavy (non-hydrogen) atoms. The van der Waals surface area contributed by atoms with Gasteiger partial charge in [0.15, 0.2) is 12.4 Å². The van der Waals surface area contributed by atoms with Gasteiger partial charge in [0.2, 0.25) is 5.69 Å². The molecule has 3 aromatic rings. The summed E-state index contributed by atoms with van der Waals surface area (Å²) in [5.41, 5.74) is 3.46. The molecule has 0 aliphatic carbocycles. The molecule has 166 valence electrons. The number of hydrogen-bond acceptors (Lipinski definition) is 6. The van der Waals surface area contributed by atoms with Gasteiger partial charge in [-0.3, -0.25) is 9.59 Å². The quantitative estimate of drug-likeness (QED) is 0.572. The third kappa shape index (κ3) is 5.40. The van der Waals surface area contributed by atoms with E-state index in [4.69, 9.17) is 9.47 Å². The van der Waals surface area contributed by atoms with Crippen molar-refractivity contribution in [3.63, 3.8) is 0 Å². The van der Waals surface area contributed by atoms with Crippen LogP contribution >= 0.6 is 0 Å². The number of amides is 1. The van der Waals surface area contributed by atoms with Crippen LogP contribution < -0.4 is 15.6 Å². The zero-order valence-electron chi connectivity index (χ0n) is 18.5. The lowest BCUT2D eigenvalue weighted by molar-refractivity contribution is -0.118. The minimum absolute atomic E-state index is 0.118. The van der Waals surface area contributed by atoms with Crippen molar-refractivity contribution in [3.8, 4) is 11.4 Å². The highest BCUT2D eigenvalue weighted by Crippen LogP contribution is 2.18. The number of carbonyl (C=O) groups excluding carboxylic acids is 2. The van der Waals surface area contributed by atoms with Crippen molar-refractivity contribution in [2.24, 2.45) is 0 Å². The minimum Gasteiger partial charge on any atom is -0.481 e. The van der Waals surface area contributed by atoms with Crippen LogP contribution in [0.5, 0.6) is 5.75 Å². The summed E-state index contributed by atoms with van der Waals surface area (Å²) < 4.78 is 11.6. The van der Waals surface area contributed by atoms with E-state index in [2.05, 4.69) is 10.4 Å². The summed E-state index contributed by atoms with van der Waals surface area (Å²) in [6.45, 7) is 7.14. The molecule has 2 aromatic carbocycles. The SMILES string of the molecule is CCOC(=O)c1nn(-c2ccc(C)cc2)c(=O)cc1OCC(=O)Nc1ccc(C)cc1C. The molecule has 0 saturated carbocycles. The van der Waals surface area contributed by atoms with Gasteiger partial charge in [0, 0.05) is 5.69 Å². The van der Waals surface area contributed by atoms with Crippen LogP contribution in [0, 0.1) is 20.8 Å². The first-order chi connectivity index (χ1) is 15.3. The highest BCUT2D eigenvalue weighted by Gasteiger charge is 2.20. The van der Waals surface area contributed by atoms with Crippen molar-refractivity contribution >= 4 is 17.6 Å². The Bertz CT molecular complexity index is 1200. The Hall–Kier alpha value is -3.94. The molecule has 1 N–H and O–H groups in total. The maximum absolute atomic E-state index is 12.6. The predicted octanol–water partition coefficient (Wildman–Crippen LogP) is 3.35. The maximum atomic E-state index is 12.6. The maximum Gasteiger partial charge on any atom is 0.362 e. The number of anilines is 1. The predicted molar refractivity (Wildman–Crippen MR) is 121 cm³/mol. The Morgan fingerprint density at radius 2 is 1.69 bits per heavy atom. The van der Waals surface area contributed by atoms with E-state index in [-0.39, 0.29) is 18.1 Å². The summed E-state index contributed by atoms with van der Waals surface area (Å²) in [4.78, 5) is 37.5. The van der Waals surface area contributed by atoms with Gasteiger partial charge in [0.25, 0.3) is 11.5 Å². The molecule has 0 fully saturated rings. The van der Waals surface area contributed by atoms with Crippen molar-refractivity contribution in [2.45, 2.75) is 27.7 Å². The first kappa shape index (κ1) is 22.7. The molecule has 1 heterocycles. The number of aryl methyl sites for hydroxylation is 3. The molecular formula is C24H25N3O5. The van der Waals surface area contributed by atoms with Crippen LogP contribution in [0.3, 0.4) is 0 Å². The van der Waals surface area contributed by atoms with Crippen LogP contribution in [0.15, 0.2) is 53.3 Å². The van der Waals surface area contributed by atoms with E-state index in [1.54, 1.807) is 25.1 Å². The number of aromatic nitrogens is 2. The van der Waals surface area contributed by atoms with E-state index in [1.165, 1.54) is 0 Å². The molecule has 0 saturated heterocycles. The molecule has 1 amide bonds. The largest absolute Gasteiger partial charge is 0.481 e. The van der Waals surface area contributed by atoms with Crippen LogP contribution in [-0.4, -0.2) is 34.9 Å². The zero-order chi connectivity index (χ0) is 23.3. The second kappa shape index (κ2) is 9.91. The molecule has 0 aliphatic rings. The summed E-state index contributed by atoms with van der Waals surface area (Å²) in [5.74, 6) is -1.31. The van der Waals surface area contributed by atoms with Gasteiger partial charge in [-0.05, 0) is 51.5 Å². The molecule has 0 atom stereocenters. The van der Waals surface area contributed by atoms with Crippen LogP contribution in [0.25, 0.3) is 5.69 Å². The van der Waals surface area contributed by atoms with Crippen molar-refractivity contribution in [2.75, 3.05) is 18.5 Å². The molecule has 0 unspecified atom stereocenters. The van der Waals surface area contributed by atoms with Gasteiger partial charge in [-0.2, -0.15) is 9.78 Å². The van der Waals surface area contributed by atoms with Gasteiger partial charge < -0.3 is 14.8 Å². The fourth-order valence-electron chi connectivity index (χ4n) is 3.05. The molecule has 0 bridgehead atoms. The van der Waals surface area contributed by atoms with Crippen molar-refractivity contribution in [1.82, 2.24) is 9.78 Å².